The van der Waals surface area contributed by atoms with Gasteiger partial charge in [-0.2, -0.15) is 0 Å². The minimum atomic E-state index is -1.05. The van der Waals surface area contributed by atoms with Crippen LogP contribution >= 0.6 is 0 Å². The fraction of sp³-hybridized carbons (Fsp3) is 0.800. The summed E-state index contributed by atoms with van der Waals surface area (Å²) in [6.45, 7) is 3.63. The Balaban J connectivity index is 3.18. The van der Waals surface area contributed by atoms with Crippen LogP contribution in [0.2, 0.25) is 0 Å². The zero-order valence-electron chi connectivity index (χ0n) is 9.53. The summed E-state index contributed by atoms with van der Waals surface area (Å²) in [7, 11) is 0. The molecular weight excluding hydrogens is 214 g/mol. The summed E-state index contributed by atoms with van der Waals surface area (Å²) >= 11 is 0. The van der Waals surface area contributed by atoms with Gasteiger partial charge >= 0.3 is 5.97 Å². The van der Waals surface area contributed by atoms with Crippen molar-refractivity contribution in [2.24, 2.45) is 0 Å². The lowest BCUT2D eigenvalue weighted by Gasteiger charge is -2.05. The Kier molecular flexibility index (Phi) is 9.64. The van der Waals surface area contributed by atoms with E-state index in [0.717, 1.165) is 6.42 Å². The van der Waals surface area contributed by atoms with Gasteiger partial charge in [0, 0.05) is 13.0 Å². The monoisotopic (exact) mass is 233 g/mol. The van der Waals surface area contributed by atoms with Crippen LogP contribution in [0.1, 0.15) is 19.8 Å². The Morgan fingerprint density at radius 3 is 2.31 bits per heavy atom. The summed E-state index contributed by atoms with van der Waals surface area (Å²) in [4.78, 5) is 21.1. The highest BCUT2D eigenvalue weighted by Gasteiger charge is 2.03. The molecule has 0 aromatic carbocycles. The summed E-state index contributed by atoms with van der Waals surface area (Å²) in [5, 5.41) is 10.5. The Hall–Kier alpha value is -1.14. The molecule has 0 atom stereocenters. The van der Waals surface area contributed by atoms with Gasteiger partial charge in [-0.25, -0.2) is 0 Å². The van der Waals surface area contributed by atoms with Crippen molar-refractivity contribution in [2.75, 3.05) is 33.0 Å². The van der Waals surface area contributed by atoms with Crippen LogP contribution in [-0.4, -0.2) is 50.0 Å². The highest BCUT2D eigenvalue weighted by atomic mass is 16.5. The first-order valence-corrected chi connectivity index (χ1v) is 5.30. The largest absolute Gasteiger partial charge is 0.480 e. The quantitative estimate of drug-likeness (QED) is 0.520. The average Bonchev–Trinajstić information content (AvgIpc) is 2.25. The lowest BCUT2D eigenvalue weighted by molar-refractivity contribution is -0.138. The maximum Gasteiger partial charge on any atom is 0.322 e. The fourth-order valence-electron chi connectivity index (χ4n) is 0.894. The van der Waals surface area contributed by atoms with Gasteiger partial charge in [0.05, 0.1) is 19.8 Å². The molecule has 1 amide bonds. The molecule has 0 fully saturated rings. The van der Waals surface area contributed by atoms with E-state index in [4.69, 9.17) is 14.6 Å². The van der Waals surface area contributed by atoms with Gasteiger partial charge < -0.3 is 19.9 Å². The van der Waals surface area contributed by atoms with Gasteiger partial charge in [0.1, 0.15) is 6.54 Å². The van der Waals surface area contributed by atoms with Crippen LogP contribution in [0.4, 0.5) is 0 Å². The molecule has 0 aliphatic heterocycles. The third kappa shape index (κ3) is 10.9. The van der Waals surface area contributed by atoms with E-state index in [9.17, 15) is 9.59 Å². The second-order valence-electron chi connectivity index (χ2n) is 3.15. The topological polar surface area (TPSA) is 84.9 Å². The maximum atomic E-state index is 11.0. The van der Waals surface area contributed by atoms with E-state index in [1.807, 2.05) is 6.92 Å². The maximum absolute atomic E-state index is 11.0. The number of carbonyl (C=O) groups is 2. The van der Waals surface area contributed by atoms with E-state index < -0.39 is 5.97 Å². The minimum absolute atomic E-state index is 0.168. The molecule has 16 heavy (non-hydrogen) atoms. The average molecular weight is 233 g/mol. The van der Waals surface area contributed by atoms with Gasteiger partial charge in [0.25, 0.3) is 0 Å². The van der Waals surface area contributed by atoms with E-state index in [-0.39, 0.29) is 25.5 Å². The van der Waals surface area contributed by atoms with E-state index >= 15 is 0 Å². The van der Waals surface area contributed by atoms with Gasteiger partial charge in [-0.3, -0.25) is 9.59 Å². The number of hydrogen-bond donors (Lipinski definition) is 2. The first-order valence-electron chi connectivity index (χ1n) is 5.30. The predicted molar refractivity (Wildman–Crippen MR) is 57.2 cm³/mol. The molecular formula is C10H19NO5. The van der Waals surface area contributed by atoms with Gasteiger partial charge in [-0.05, 0) is 6.42 Å². The Bertz CT molecular complexity index is 207. The Morgan fingerprint density at radius 2 is 1.75 bits per heavy atom. The zero-order chi connectivity index (χ0) is 12.2. The molecule has 0 aromatic rings. The summed E-state index contributed by atoms with van der Waals surface area (Å²) in [5.74, 6) is -1.38. The lowest BCUT2D eigenvalue weighted by atomic mass is 10.4. The zero-order valence-corrected chi connectivity index (χ0v) is 9.53. The van der Waals surface area contributed by atoms with Crippen molar-refractivity contribution >= 4 is 11.9 Å². The molecule has 2 N–H and O–H groups in total. The fourth-order valence-corrected chi connectivity index (χ4v) is 0.894. The minimum Gasteiger partial charge on any atom is -0.480 e. The van der Waals surface area contributed by atoms with E-state index in [2.05, 4.69) is 5.32 Å². The smallest absolute Gasteiger partial charge is 0.322 e. The Labute approximate surface area is 94.9 Å². The summed E-state index contributed by atoms with van der Waals surface area (Å²) in [6, 6.07) is 0. The summed E-state index contributed by atoms with van der Waals surface area (Å²) in [6.07, 6.45) is 1.14. The third-order valence-corrected chi connectivity index (χ3v) is 1.63. The van der Waals surface area contributed by atoms with Crippen LogP contribution in [0.5, 0.6) is 0 Å². The van der Waals surface area contributed by atoms with Gasteiger partial charge in [-0.1, -0.05) is 6.92 Å². The molecule has 0 rings (SSSR count). The van der Waals surface area contributed by atoms with Crippen molar-refractivity contribution in [3.63, 3.8) is 0 Å². The molecule has 0 heterocycles. The van der Waals surface area contributed by atoms with Crippen molar-refractivity contribution < 1.29 is 24.2 Å². The second kappa shape index (κ2) is 10.4. The number of nitrogens with one attached hydrogen (secondary N) is 1. The molecule has 6 nitrogen and oxygen atoms in total. The normalized spacial score (nSPS) is 10.1. The summed E-state index contributed by atoms with van der Waals surface area (Å²) < 4.78 is 10.3. The Morgan fingerprint density at radius 1 is 1.12 bits per heavy atom. The van der Waals surface area contributed by atoms with Crippen LogP contribution in [0.3, 0.4) is 0 Å². The van der Waals surface area contributed by atoms with Gasteiger partial charge in [0.15, 0.2) is 0 Å². The molecule has 0 aromatic heterocycles. The number of aliphatic carboxylic acids is 1. The summed E-state index contributed by atoms with van der Waals surface area (Å²) in [5.41, 5.74) is 0. The predicted octanol–water partition coefficient (Wildman–Crippen LogP) is 0.0205. The van der Waals surface area contributed by atoms with Crippen LogP contribution in [0.25, 0.3) is 0 Å². The molecule has 6 heteroatoms. The molecule has 0 bridgehead atoms. The molecule has 0 saturated carbocycles. The number of carbonyl (C=O) groups excluding carboxylic acids is 1. The number of carboxylic acid groups (broad SMARTS) is 1. The molecule has 0 aliphatic rings. The highest BCUT2D eigenvalue weighted by molar-refractivity contribution is 5.81. The molecule has 0 saturated heterocycles. The van der Waals surface area contributed by atoms with E-state index in [1.165, 1.54) is 0 Å². The number of carboxylic acids is 1. The molecule has 94 valence electrons. The van der Waals surface area contributed by atoms with Crippen molar-refractivity contribution in [1.29, 1.82) is 0 Å². The van der Waals surface area contributed by atoms with Crippen LogP contribution in [-0.2, 0) is 19.1 Å². The van der Waals surface area contributed by atoms with E-state index in [0.29, 0.717) is 19.8 Å². The van der Waals surface area contributed by atoms with Crippen LogP contribution < -0.4 is 5.32 Å². The van der Waals surface area contributed by atoms with Crippen molar-refractivity contribution in [1.82, 2.24) is 5.32 Å². The van der Waals surface area contributed by atoms with Gasteiger partial charge in [0.2, 0.25) is 5.91 Å². The molecule has 0 aliphatic carbocycles. The third-order valence-electron chi connectivity index (χ3n) is 1.63. The van der Waals surface area contributed by atoms with Crippen molar-refractivity contribution in [2.45, 2.75) is 19.8 Å². The standard InChI is InChI=1S/C10H19NO5/c1-2-4-15-6-7-16-5-3-9(12)11-8-10(13)14/h2-8H2,1H3,(H,11,12)(H,13,14). The number of rotatable bonds is 10. The second-order valence-corrected chi connectivity index (χ2v) is 3.15. The van der Waals surface area contributed by atoms with Crippen molar-refractivity contribution in [3.8, 4) is 0 Å². The number of ether oxygens (including phenoxy) is 2. The molecule has 0 radical (unpaired) electrons. The highest BCUT2D eigenvalue weighted by Crippen LogP contribution is 1.85. The number of hydrogen-bond acceptors (Lipinski definition) is 4. The molecule has 0 unspecified atom stereocenters. The first-order chi connectivity index (χ1) is 7.66. The van der Waals surface area contributed by atoms with E-state index in [1.54, 1.807) is 0 Å². The van der Waals surface area contributed by atoms with Gasteiger partial charge in [-0.15, -0.1) is 0 Å². The van der Waals surface area contributed by atoms with Crippen LogP contribution in [0.15, 0.2) is 0 Å². The van der Waals surface area contributed by atoms with Crippen molar-refractivity contribution in [3.05, 3.63) is 0 Å². The SMILES string of the molecule is CCCOCCOCCC(=O)NCC(=O)O. The first kappa shape index (κ1) is 14.9. The lowest BCUT2D eigenvalue weighted by Crippen LogP contribution is -2.30. The number of amides is 1. The van der Waals surface area contributed by atoms with Crippen LogP contribution in [0, 0.1) is 0 Å². The molecule has 0 spiro atoms.